The largest absolute Gasteiger partial charge is 0.392 e. The van der Waals surface area contributed by atoms with Crippen molar-refractivity contribution in [3.63, 3.8) is 0 Å². The molecule has 0 heterocycles. The van der Waals surface area contributed by atoms with Crippen LogP contribution in [0.2, 0.25) is 5.02 Å². The Morgan fingerprint density at radius 2 is 2.11 bits per heavy atom. The van der Waals surface area contributed by atoms with Crippen LogP contribution in [0.1, 0.15) is 13.3 Å². The molecule has 1 rings (SSSR count). The van der Waals surface area contributed by atoms with Gasteiger partial charge < -0.3 is 5.73 Å². The second kappa shape index (κ2) is 5.98. The molecule has 9 heteroatoms. The Hall–Kier alpha value is -0.990. The van der Waals surface area contributed by atoms with Gasteiger partial charge in [0.15, 0.2) is 5.82 Å². The average molecular weight is 329 g/mol. The first-order valence-electron chi connectivity index (χ1n) is 5.14. The van der Waals surface area contributed by atoms with E-state index in [1.54, 1.807) is 6.92 Å². The lowest BCUT2D eigenvalue weighted by Gasteiger charge is -2.17. The molecule has 1 aromatic carbocycles. The summed E-state index contributed by atoms with van der Waals surface area (Å²) in [4.78, 5) is -0.242. The van der Waals surface area contributed by atoms with E-state index in [4.69, 9.17) is 17.3 Å². The normalized spacial score (nSPS) is 13.1. The molecule has 0 aliphatic rings. The summed E-state index contributed by atoms with van der Waals surface area (Å²) in [6, 6.07) is 1.32. The Labute approximate surface area is 120 Å². The highest BCUT2D eigenvalue weighted by atomic mass is 35.5. The fourth-order valence-corrected chi connectivity index (χ4v) is 3.65. The summed E-state index contributed by atoms with van der Waals surface area (Å²) in [5, 5.41) is -1.55. The SMILES string of the molecule is CCC(C(N)=S)S(=O)(=O)Nc1c(F)cc(F)cc1Cl. The molecular formula is C10H11ClF2N2O2S2. The molecule has 106 valence electrons. The number of nitrogens with one attached hydrogen (secondary N) is 1. The zero-order valence-electron chi connectivity index (χ0n) is 9.78. The predicted octanol–water partition coefficient (Wildman–Crippen LogP) is 2.42. The van der Waals surface area contributed by atoms with Crippen molar-refractivity contribution in [2.24, 2.45) is 5.73 Å². The van der Waals surface area contributed by atoms with E-state index in [2.05, 4.69) is 12.2 Å². The maximum absolute atomic E-state index is 13.5. The number of anilines is 1. The van der Waals surface area contributed by atoms with E-state index in [0.29, 0.717) is 6.07 Å². The molecule has 1 aromatic rings. The van der Waals surface area contributed by atoms with Crippen LogP contribution in [0.25, 0.3) is 0 Å². The number of hydrogen-bond donors (Lipinski definition) is 2. The zero-order chi connectivity index (χ0) is 14.8. The highest BCUT2D eigenvalue weighted by Crippen LogP contribution is 2.28. The second-order valence-corrected chi connectivity index (χ2v) is 6.43. The second-order valence-electron chi connectivity index (χ2n) is 3.69. The van der Waals surface area contributed by atoms with Crippen molar-refractivity contribution in [3.05, 3.63) is 28.8 Å². The van der Waals surface area contributed by atoms with Gasteiger partial charge in [-0.15, -0.1) is 0 Å². The van der Waals surface area contributed by atoms with E-state index >= 15 is 0 Å². The Morgan fingerprint density at radius 1 is 1.53 bits per heavy atom. The van der Waals surface area contributed by atoms with Crippen molar-refractivity contribution in [2.75, 3.05) is 4.72 Å². The summed E-state index contributed by atoms with van der Waals surface area (Å²) in [6.07, 6.45) is 0.116. The summed E-state index contributed by atoms with van der Waals surface area (Å²) in [5.74, 6) is -2.03. The fraction of sp³-hybridized carbons (Fsp3) is 0.300. The van der Waals surface area contributed by atoms with Crippen molar-refractivity contribution >= 4 is 44.5 Å². The minimum absolute atomic E-state index is 0.116. The van der Waals surface area contributed by atoms with Gasteiger partial charge in [-0.2, -0.15) is 0 Å². The lowest BCUT2D eigenvalue weighted by atomic mass is 10.3. The van der Waals surface area contributed by atoms with Crippen LogP contribution in [-0.4, -0.2) is 18.7 Å². The van der Waals surface area contributed by atoms with E-state index in [0.717, 1.165) is 6.07 Å². The maximum atomic E-state index is 13.5. The molecule has 0 aliphatic carbocycles. The van der Waals surface area contributed by atoms with Gasteiger partial charge in [0.25, 0.3) is 0 Å². The molecule has 19 heavy (non-hydrogen) atoms. The molecular weight excluding hydrogens is 318 g/mol. The molecule has 0 amide bonds. The fourth-order valence-electron chi connectivity index (χ4n) is 1.43. The molecule has 0 aromatic heterocycles. The summed E-state index contributed by atoms with van der Waals surface area (Å²) < 4.78 is 52.2. The number of halogens is 3. The van der Waals surface area contributed by atoms with Gasteiger partial charge in [-0.1, -0.05) is 30.7 Å². The van der Waals surface area contributed by atoms with Crippen molar-refractivity contribution in [3.8, 4) is 0 Å². The van der Waals surface area contributed by atoms with Gasteiger partial charge in [-0.05, 0) is 12.5 Å². The standard InChI is InChI=1S/C10H11ClF2N2O2S2/c1-2-8(10(14)18)19(16,17)15-9-6(11)3-5(12)4-7(9)13/h3-4,8,15H,2H2,1H3,(H2,14,18). The molecule has 0 fully saturated rings. The summed E-state index contributed by atoms with van der Waals surface area (Å²) in [7, 11) is -4.05. The van der Waals surface area contributed by atoms with Crippen LogP contribution in [0.3, 0.4) is 0 Å². The number of sulfonamides is 1. The number of benzene rings is 1. The Balaban J connectivity index is 3.19. The number of rotatable bonds is 5. The van der Waals surface area contributed by atoms with E-state index in [-0.39, 0.29) is 16.4 Å². The zero-order valence-corrected chi connectivity index (χ0v) is 12.2. The Morgan fingerprint density at radius 3 is 2.53 bits per heavy atom. The summed E-state index contributed by atoms with van der Waals surface area (Å²) in [6.45, 7) is 1.56. The molecule has 4 nitrogen and oxygen atoms in total. The Kier molecular flexibility index (Phi) is 5.05. The Bertz CT molecular complexity index is 585. The highest BCUT2D eigenvalue weighted by molar-refractivity contribution is 7.95. The van der Waals surface area contributed by atoms with Gasteiger partial charge in [0.1, 0.15) is 16.8 Å². The van der Waals surface area contributed by atoms with Crippen LogP contribution >= 0.6 is 23.8 Å². The van der Waals surface area contributed by atoms with Crippen molar-refractivity contribution in [1.82, 2.24) is 0 Å². The third kappa shape index (κ3) is 3.74. The molecule has 1 atom stereocenters. The van der Waals surface area contributed by atoms with Crippen LogP contribution in [0, 0.1) is 11.6 Å². The van der Waals surface area contributed by atoms with E-state index < -0.39 is 32.6 Å². The molecule has 3 N–H and O–H groups in total. The first kappa shape index (κ1) is 16.1. The molecule has 0 bridgehead atoms. The van der Waals surface area contributed by atoms with Gasteiger partial charge in [-0.25, -0.2) is 17.2 Å². The lowest BCUT2D eigenvalue weighted by molar-refractivity contribution is 0.581. The molecule has 1 unspecified atom stereocenters. The van der Waals surface area contributed by atoms with Crippen molar-refractivity contribution in [1.29, 1.82) is 0 Å². The van der Waals surface area contributed by atoms with E-state index in [1.165, 1.54) is 0 Å². The number of hydrogen-bond acceptors (Lipinski definition) is 3. The monoisotopic (exact) mass is 328 g/mol. The van der Waals surface area contributed by atoms with Gasteiger partial charge in [0.05, 0.1) is 10.0 Å². The first-order valence-corrected chi connectivity index (χ1v) is 7.47. The minimum Gasteiger partial charge on any atom is -0.392 e. The van der Waals surface area contributed by atoms with Crippen LogP contribution in [-0.2, 0) is 10.0 Å². The lowest BCUT2D eigenvalue weighted by Crippen LogP contribution is -2.37. The summed E-state index contributed by atoms with van der Waals surface area (Å²) >= 11 is 10.2. The van der Waals surface area contributed by atoms with Crippen molar-refractivity contribution < 1.29 is 17.2 Å². The summed E-state index contributed by atoms with van der Waals surface area (Å²) in [5.41, 5.74) is 4.78. The molecule has 0 saturated carbocycles. The topological polar surface area (TPSA) is 72.2 Å². The van der Waals surface area contributed by atoms with Crippen LogP contribution < -0.4 is 10.5 Å². The van der Waals surface area contributed by atoms with E-state index in [1.807, 2.05) is 4.72 Å². The minimum atomic E-state index is -4.05. The average Bonchev–Trinajstić information content (AvgIpc) is 2.23. The first-order chi connectivity index (χ1) is 8.69. The smallest absolute Gasteiger partial charge is 0.242 e. The van der Waals surface area contributed by atoms with Crippen LogP contribution in [0.4, 0.5) is 14.5 Å². The molecule has 0 spiro atoms. The maximum Gasteiger partial charge on any atom is 0.242 e. The van der Waals surface area contributed by atoms with Crippen LogP contribution in [0.15, 0.2) is 12.1 Å². The number of nitrogens with two attached hydrogens (primary N) is 1. The van der Waals surface area contributed by atoms with Crippen molar-refractivity contribution in [2.45, 2.75) is 18.6 Å². The molecule has 0 saturated heterocycles. The van der Waals surface area contributed by atoms with Gasteiger partial charge in [0, 0.05) is 6.07 Å². The highest BCUT2D eigenvalue weighted by Gasteiger charge is 2.28. The third-order valence-electron chi connectivity index (χ3n) is 2.31. The van der Waals surface area contributed by atoms with Crippen LogP contribution in [0.5, 0.6) is 0 Å². The number of thiocarbonyl (C=S) groups is 1. The molecule has 0 aliphatic heterocycles. The quantitative estimate of drug-likeness (QED) is 0.814. The van der Waals surface area contributed by atoms with Gasteiger partial charge in [0.2, 0.25) is 10.0 Å². The predicted molar refractivity (Wildman–Crippen MR) is 74.8 cm³/mol. The van der Waals surface area contributed by atoms with Gasteiger partial charge in [-0.3, -0.25) is 4.72 Å². The van der Waals surface area contributed by atoms with Gasteiger partial charge >= 0.3 is 0 Å². The molecule has 0 radical (unpaired) electrons. The van der Waals surface area contributed by atoms with E-state index in [9.17, 15) is 17.2 Å². The third-order valence-corrected chi connectivity index (χ3v) is 4.87.